The van der Waals surface area contributed by atoms with Gasteiger partial charge >= 0.3 is 0 Å². The zero-order valence-electron chi connectivity index (χ0n) is 9.78. The van der Waals surface area contributed by atoms with Gasteiger partial charge in [0.15, 0.2) is 0 Å². The molecule has 0 bridgehead atoms. The van der Waals surface area contributed by atoms with Crippen LogP contribution in [0.5, 0.6) is 5.75 Å². The number of carbonyl (C=O) groups excluding carboxylic acids is 1. The van der Waals surface area contributed by atoms with Crippen LogP contribution in [0.15, 0.2) is 24.3 Å². The van der Waals surface area contributed by atoms with Crippen molar-refractivity contribution in [1.29, 1.82) is 0 Å². The van der Waals surface area contributed by atoms with Gasteiger partial charge in [0.1, 0.15) is 12.0 Å². The van der Waals surface area contributed by atoms with Crippen molar-refractivity contribution in [1.82, 2.24) is 0 Å². The maximum absolute atomic E-state index is 9.50. The molecule has 0 amide bonds. The molecule has 0 radical (unpaired) electrons. The predicted octanol–water partition coefficient (Wildman–Crippen LogP) is 2.58. The van der Waals surface area contributed by atoms with E-state index in [1.54, 1.807) is 7.11 Å². The minimum Gasteiger partial charge on any atom is -0.497 e. The van der Waals surface area contributed by atoms with E-state index in [1.165, 1.54) is 0 Å². The maximum Gasteiger partial charge on any atom is 0.122 e. The van der Waals surface area contributed by atoms with Crippen molar-refractivity contribution in [3.8, 4) is 5.75 Å². The Kier molecular flexibility index (Phi) is 7.06. The fourth-order valence-corrected chi connectivity index (χ4v) is 0.758. The Hall–Kier alpha value is -1.51. The van der Waals surface area contributed by atoms with Gasteiger partial charge in [-0.05, 0) is 24.3 Å². The monoisotopic (exact) mass is 209 g/mol. The van der Waals surface area contributed by atoms with E-state index in [-0.39, 0.29) is 5.92 Å². The highest BCUT2D eigenvalue weighted by molar-refractivity contribution is 5.51. The van der Waals surface area contributed by atoms with Gasteiger partial charge in [0.2, 0.25) is 0 Å². The van der Waals surface area contributed by atoms with E-state index in [9.17, 15) is 4.79 Å². The van der Waals surface area contributed by atoms with Gasteiger partial charge < -0.3 is 14.8 Å². The predicted molar refractivity (Wildman–Crippen MR) is 63.4 cm³/mol. The Bertz CT molecular complexity index is 244. The van der Waals surface area contributed by atoms with E-state index in [2.05, 4.69) is 5.32 Å². The van der Waals surface area contributed by atoms with E-state index in [0.29, 0.717) is 0 Å². The number of aldehydes is 1. The number of rotatable bonds is 3. The molecule has 1 aromatic rings. The highest BCUT2D eigenvalue weighted by atomic mass is 16.5. The Morgan fingerprint density at radius 1 is 1.27 bits per heavy atom. The first-order chi connectivity index (χ1) is 7.13. The first kappa shape index (κ1) is 13.5. The summed E-state index contributed by atoms with van der Waals surface area (Å²) in [5.74, 6) is 1.09. The van der Waals surface area contributed by atoms with Crippen molar-refractivity contribution >= 4 is 12.0 Å². The first-order valence-electron chi connectivity index (χ1n) is 4.91. The Labute approximate surface area is 91.5 Å². The van der Waals surface area contributed by atoms with Crippen LogP contribution in [0.1, 0.15) is 13.8 Å². The maximum atomic E-state index is 9.50. The quantitative estimate of drug-likeness (QED) is 0.777. The second-order valence-electron chi connectivity index (χ2n) is 3.36. The van der Waals surface area contributed by atoms with E-state index in [0.717, 1.165) is 17.7 Å². The summed E-state index contributed by atoms with van der Waals surface area (Å²) in [5, 5.41) is 3.02. The molecule has 0 aliphatic heterocycles. The van der Waals surface area contributed by atoms with Crippen LogP contribution in [-0.4, -0.2) is 20.4 Å². The molecule has 0 aromatic heterocycles. The van der Waals surface area contributed by atoms with Gasteiger partial charge in [0.25, 0.3) is 0 Å². The molecule has 1 N–H and O–H groups in total. The van der Waals surface area contributed by atoms with Crippen molar-refractivity contribution in [2.24, 2.45) is 5.92 Å². The Balaban J connectivity index is 0.000000336. The van der Waals surface area contributed by atoms with Crippen LogP contribution in [0.4, 0.5) is 5.69 Å². The molecule has 84 valence electrons. The molecule has 3 nitrogen and oxygen atoms in total. The normalized spacial score (nSPS) is 8.87. The Morgan fingerprint density at radius 2 is 1.73 bits per heavy atom. The van der Waals surface area contributed by atoms with Crippen LogP contribution >= 0.6 is 0 Å². The van der Waals surface area contributed by atoms with Crippen LogP contribution in [-0.2, 0) is 4.79 Å². The summed E-state index contributed by atoms with van der Waals surface area (Å²) in [6.45, 7) is 3.71. The standard InChI is InChI=1S/C8H11NO.C4H8O/c1-9-7-3-5-8(10-2)6-4-7;1-4(2)3-5/h3-6,9H,1-2H3;3-4H,1-2H3. The number of ether oxygens (including phenoxy) is 1. The highest BCUT2D eigenvalue weighted by Gasteiger charge is 1.88. The number of carbonyl (C=O) groups is 1. The minimum atomic E-state index is 0.204. The van der Waals surface area contributed by atoms with Crippen LogP contribution in [0.2, 0.25) is 0 Å². The molecule has 0 saturated heterocycles. The lowest BCUT2D eigenvalue weighted by molar-refractivity contribution is -0.110. The highest BCUT2D eigenvalue weighted by Crippen LogP contribution is 2.13. The van der Waals surface area contributed by atoms with Gasteiger partial charge in [-0.1, -0.05) is 13.8 Å². The second kappa shape index (κ2) is 7.85. The molecule has 0 spiro atoms. The molecule has 0 saturated carbocycles. The average Bonchev–Trinajstić information content (AvgIpc) is 2.30. The topological polar surface area (TPSA) is 38.3 Å². The number of methoxy groups -OCH3 is 1. The van der Waals surface area contributed by atoms with E-state index >= 15 is 0 Å². The smallest absolute Gasteiger partial charge is 0.122 e. The summed E-state index contributed by atoms with van der Waals surface area (Å²) in [5.41, 5.74) is 1.10. The second-order valence-corrected chi connectivity index (χ2v) is 3.36. The first-order valence-corrected chi connectivity index (χ1v) is 4.91. The number of hydrogen-bond donors (Lipinski definition) is 1. The SMILES string of the molecule is CC(C)C=O.CNc1ccc(OC)cc1. The van der Waals surface area contributed by atoms with Gasteiger partial charge in [-0.2, -0.15) is 0 Å². The van der Waals surface area contributed by atoms with Gasteiger partial charge in [-0.3, -0.25) is 0 Å². The fourth-order valence-electron chi connectivity index (χ4n) is 0.758. The molecular weight excluding hydrogens is 190 g/mol. The van der Waals surface area contributed by atoms with E-state index in [1.807, 2.05) is 45.2 Å². The third kappa shape index (κ3) is 6.55. The summed E-state index contributed by atoms with van der Waals surface area (Å²) in [7, 11) is 3.55. The van der Waals surface area contributed by atoms with Crippen LogP contribution in [0, 0.1) is 5.92 Å². The van der Waals surface area contributed by atoms with Gasteiger partial charge in [-0.15, -0.1) is 0 Å². The summed E-state index contributed by atoms with van der Waals surface area (Å²) in [6.07, 6.45) is 0.917. The molecule has 0 unspecified atom stereocenters. The molecule has 1 aromatic carbocycles. The van der Waals surface area contributed by atoms with Crippen LogP contribution in [0.3, 0.4) is 0 Å². The number of nitrogens with one attached hydrogen (secondary N) is 1. The van der Waals surface area contributed by atoms with Crippen LogP contribution in [0.25, 0.3) is 0 Å². The van der Waals surface area contributed by atoms with Gasteiger partial charge in [-0.25, -0.2) is 0 Å². The van der Waals surface area contributed by atoms with E-state index < -0.39 is 0 Å². The molecular formula is C12H19NO2. The van der Waals surface area contributed by atoms with Gasteiger partial charge in [0, 0.05) is 18.7 Å². The number of hydrogen-bond acceptors (Lipinski definition) is 3. The lowest BCUT2D eigenvalue weighted by Gasteiger charge is -2.00. The summed E-state index contributed by atoms with van der Waals surface area (Å²) in [6, 6.07) is 7.79. The number of benzene rings is 1. The summed E-state index contributed by atoms with van der Waals surface area (Å²) >= 11 is 0. The third-order valence-corrected chi connectivity index (χ3v) is 1.65. The molecule has 1 rings (SSSR count). The van der Waals surface area contributed by atoms with Crippen molar-refractivity contribution in [2.45, 2.75) is 13.8 Å². The minimum absolute atomic E-state index is 0.204. The number of anilines is 1. The molecule has 0 heterocycles. The third-order valence-electron chi connectivity index (χ3n) is 1.65. The van der Waals surface area contributed by atoms with Crippen molar-refractivity contribution in [3.63, 3.8) is 0 Å². The lowest BCUT2D eigenvalue weighted by Crippen LogP contribution is -1.87. The average molecular weight is 209 g/mol. The van der Waals surface area contributed by atoms with Crippen molar-refractivity contribution in [2.75, 3.05) is 19.5 Å². The molecule has 0 aliphatic carbocycles. The lowest BCUT2D eigenvalue weighted by atomic mass is 10.3. The molecule has 3 heteroatoms. The largest absolute Gasteiger partial charge is 0.497 e. The summed E-state index contributed by atoms with van der Waals surface area (Å²) < 4.78 is 4.99. The van der Waals surface area contributed by atoms with Crippen LogP contribution < -0.4 is 10.1 Å². The summed E-state index contributed by atoms with van der Waals surface area (Å²) in [4.78, 5) is 9.50. The Morgan fingerprint density at radius 3 is 2.00 bits per heavy atom. The van der Waals surface area contributed by atoms with Crippen molar-refractivity contribution < 1.29 is 9.53 Å². The molecule has 0 aliphatic rings. The fraction of sp³-hybridized carbons (Fsp3) is 0.417. The van der Waals surface area contributed by atoms with Crippen molar-refractivity contribution in [3.05, 3.63) is 24.3 Å². The zero-order chi connectivity index (χ0) is 11.7. The molecule has 0 atom stereocenters. The zero-order valence-corrected chi connectivity index (χ0v) is 9.78. The molecule has 15 heavy (non-hydrogen) atoms. The van der Waals surface area contributed by atoms with Gasteiger partial charge in [0.05, 0.1) is 7.11 Å². The van der Waals surface area contributed by atoms with E-state index in [4.69, 9.17) is 4.74 Å². The molecule has 0 fully saturated rings.